The quantitative estimate of drug-likeness (QED) is 0.717. The monoisotopic (exact) mass is 203 g/mol. The molecule has 78 valence electrons. The van der Waals surface area contributed by atoms with Crippen LogP contribution in [0.15, 0.2) is 0 Å². The first kappa shape index (κ1) is 12.8. The van der Waals surface area contributed by atoms with Gasteiger partial charge in [-0.3, -0.25) is 4.79 Å². The zero-order chi connectivity index (χ0) is 10.3. The molecular formula is C10H21NOS. The molecule has 0 aliphatic rings. The maximum atomic E-state index is 11.4. The lowest BCUT2D eigenvalue weighted by Crippen LogP contribution is -2.33. The molecule has 0 fully saturated rings. The Bertz CT molecular complexity index is 150. The number of carbonyl (C=O) groups is 1. The van der Waals surface area contributed by atoms with Gasteiger partial charge in [-0.05, 0) is 19.1 Å². The van der Waals surface area contributed by atoms with Crippen LogP contribution in [0.1, 0.15) is 34.1 Å². The fraction of sp³-hybridized carbons (Fsp3) is 0.900. The van der Waals surface area contributed by atoms with Gasteiger partial charge >= 0.3 is 0 Å². The van der Waals surface area contributed by atoms with Crippen LogP contribution in [0.25, 0.3) is 0 Å². The number of hydrogen-bond acceptors (Lipinski definition) is 2. The van der Waals surface area contributed by atoms with Gasteiger partial charge in [0.05, 0.1) is 0 Å². The molecule has 0 rings (SSSR count). The van der Waals surface area contributed by atoms with Crippen molar-refractivity contribution in [3.63, 3.8) is 0 Å². The Labute approximate surface area is 85.9 Å². The Kier molecular flexibility index (Phi) is 7.14. The minimum absolute atomic E-state index is 0.122. The van der Waals surface area contributed by atoms with Crippen LogP contribution in [0.2, 0.25) is 0 Å². The summed E-state index contributed by atoms with van der Waals surface area (Å²) in [7, 11) is 0. The Hall–Kier alpha value is -0.180. The second-order valence-corrected chi connectivity index (χ2v) is 4.74. The highest BCUT2D eigenvalue weighted by molar-refractivity contribution is 7.99. The molecule has 2 unspecified atom stereocenters. The Morgan fingerprint density at radius 1 is 1.38 bits per heavy atom. The van der Waals surface area contributed by atoms with E-state index in [0.717, 1.165) is 12.3 Å². The minimum Gasteiger partial charge on any atom is -0.356 e. The molecule has 3 heteroatoms. The van der Waals surface area contributed by atoms with Crippen molar-refractivity contribution in [2.75, 3.05) is 12.3 Å². The van der Waals surface area contributed by atoms with Crippen molar-refractivity contribution >= 4 is 17.7 Å². The van der Waals surface area contributed by atoms with Gasteiger partial charge in [-0.2, -0.15) is 11.8 Å². The summed E-state index contributed by atoms with van der Waals surface area (Å²) in [5.74, 6) is 1.44. The average Bonchev–Trinajstić information content (AvgIpc) is 2.13. The first-order valence-electron chi connectivity index (χ1n) is 5.02. The summed E-state index contributed by atoms with van der Waals surface area (Å²) < 4.78 is 0. The molecule has 0 spiro atoms. The molecule has 0 heterocycles. The number of carbonyl (C=O) groups excluding carboxylic acids is 1. The van der Waals surface area contributed by atoms with E-state index in [4.69, 9.17) is 0 Å². The van der Waals surface area contributed by atoms with E-state index >= 15 is 0 Å². The van der Waals surface area contributed by atoms with Crippen molar-refractivity contribution in [2.24, 2.45) is 5.92 Å². The standard InChI is InChI=1S/C10H21NOS/c1-5-7-13-9(4)8(3)10(12)11-6-2/h8-9H,5-7H2,1-4H3,(H,11,12). The fourth-order valence-corrected chi connectivity index (χ4v) is 2.02. The summed E-state index contributed by atoms with van der Waals surface area (Å²) in [4.78, 5) is 11.4. The number of hydrogen-bond donors (Lipinski definition) is 1. The van der Waals surface area contributed by atoms with Gasteiger partial charge in [0, 0.05) is 17.7 Å². The molecule has 0 aromatic carbocycles. The lowest BCUT2D eigenvalue weighted by molar-refractivity contribution is -0.124. The summed E-state index contributed by atoms with van der Waals surface area (Å²) >= 11 is 1.88. The summed E-state index contributed by atoms with van der Waals surface area (Å²) in [6.07, 6.45) is 1.18. The van der Waals surface area contributed by atoms with Crippen molar-refractivity contribution in [1.82, 2.24) is 5.32 Å². The number of rotatable bonds is 6. The fourth-order valence-electron chi connectivity index (χ4n) is 0.996. The highest BCUT2D eigenvalue weighted by atomic mass is 32.2. The van der Waals surface area contributed by atoms with Crippen molar-refractivity contribution in [3.8, 4) is 0 Å². The molecule has 0 saturated heterocycles. The molecule has 1 N–H and O–H groups in total. The van der Waals surface area contributed by atoms with E-state index in [2.05, 4.69) is 19.2 Å². The third kappa shape index (κ3) is 5.19. The smallest absolute Gasteiger partial charge is 0.223 e. The Morgan fingerprint density at radius 2 is 2.00 bits per heavy atom. The van der Waals surface area contributed by atoms with Crippen LogP contribution >= 0.6 is 11.8 Å². The van der Waals surface area contributed by atoms with Gasteiger partial charge in [0.25, 0.3) is 0 Å². The van der Waals surface area contributed by atoms with E-state index in [1.807, 2.05) is 25.6 Å². The maximum Gasteiger partial charge on any atom is 0.223 e. The molecular weight excluding hydrogens is 182 g/mol. The molecule has 0 aliphatic carbocycles. The molecule has 0 aromatic rings. The highest BCUT2D eigenvalue weighted by Gasteiger charge is 2.19. The Morgan fingerprint density at radius 3 is 2.46 bits per heavy atom. The molecule has 0 aromatic heterocycles. The van der Waals surface area contributed by atoms with Crippen molar-refractivity contribution in [3.05, 3.63) is 0 Å². The molecule has 0 bridgehead atoms. The third-order valence-corrected chi connectivity index (χ3v) is 3.63. The number of amides is 1. The van der Waals surface area contributed by atoms with Crippen molar-refractivity contribution in [1.29, 1.82) is 0 Å². The van der Waals surface area contributed by atoms with Gasteiger partial charge in [0.15, 0.2) is 0 Å². The maximum absolute atomic E-state index is 11.4. The predicted molar refractivity (Wildman–Crippen MR) is 60.1 cm³/mol. The van der Waals surface area contributed by atoms with Gasteiger partial charge < -0.3 is 5.32 Å². The van der Waals surface area contributed by atoms with Gasteiger partial charge in [0.2, 0.25) is 5.91 Å². The lowest BCUT2D eigenvalue weighted by Gasteiger charge is -2.18. The van der Waals surface area contributed by atoms with Gasteiger partial charge in [-0.1, -0.05) is 20.8 Å². The zero-order valence-electron chi connectivity index (χ0n) is 9.09. The average molecular weight is 203 g/mol. The Balaban J connectivity index is 3.79. The topological polar surface area (TPSA) is 29.1 Å². The molecule has 13 heavy (non-hydrogen) atoms. The van der Waals surface area contributed by atoms with Crippen LogP contribution in [0.4, 0.5) is 0 Å². The van der Waals surface area contributed by atoms with Crippen LogP contribution in [0, 0.1) is 5.92 Å². The first-order chi connectivity index (χ1) is 6.13. The van der Waals surface area contributed by atoms with Crippen LogP contribution < -0.4 is 5.32 Å². The lowest BCUT2D eigenvalue weighted by atomic mass is 10.1. The van der Waals surface area contributed by atoms with E-state index in [-0.39, 0.29) is 11.8 Å². The molecule has 0 radical (unpaired) electrons. The third-order valence-electron chi connectivity index (χ3n) is 2.05. The van der Waals surface area contributed by atoms with E-state index in [0.29, 0.717) is 5.25 Å². The van der Waals surface area contributed by atoms with E-state index in [1.54, 1.807) is 0 Å². The molecule has 1 amide bonds. The summed E-state index contributed by atoms with van der Waals surface area (Å²) in [5.41, 5.74) is 0. The van der Waals surface area contributed by atoms with Crippen molar-refractivity contribution < 1.29 is 4.79 Å². The van der Waals surface area contributed by atoms with Crippen LogP contribution in [-0.2, 0) is 4.79 Å². The second-order valence-electron chi connectivity index (χ2n) is 3.26. The van der Waals surface area contributed by atoms with E-state index in [9.17, 15) is 4.79 Å². The van der Waals surface area contributed by atoms with Crippen LogP contribution in [-0.4, -0.2) is 23.5 Å². The highest BCUT2D eigenvalue weighted by Crippen LogP contribution is 2.19. The summed E-state index contributed by atoms with van der Waals surface area (Å²) in [6, 6.07) is 0. The molecule has 2 nitrogen and oxygen atoms in total. The molecule has 2 atom stereocenters. The van der Waals surface area contributed by atoms with Gasteiger partial charge in [-0.25, -0.2) is 0 Å². The van der Waals surface area contributed by atoms with Crippen LogP contribution in [0.3, 0.4) is 0 Å². The number of nitrogens with one attached hydrogen (secondary N) is 1. The van der Waals surface area contributed by atoms with Gasteiger partial charge in [-0.15, -0.1) is 0 Å². The molecule has 0 aliphatic heterocycles. The largest absolute Gasteiger partial charge is 0.356 e. The van der Waals surface area contributed by atoms with Crippen LogP contribution in [0.5, 0.6) is 0 Å². The second kappa shape index (κ2) is 7.25. The SMILES string of the molecule is CCCSC(C)C(C)C(=O)NCC. The van der Waals surface area contributed by atoms with E-state index in [1.165, 1.54) is 6.42 Å². The normalized spacial score (nSPS) is 15.1. The van der Waals surface area contributed by atoms with Gasteiger partial charge in [0.1, 0.15) is 0 Å². The van der Waals surface area contributed by atoms with Crippen molar-refractivity contribution in [2.45, 2.75) is 39.4 Å². The summed E-state index contributed by atoms with van der Waals surface area (Å²) in [5, 5.41) is 3.27. The minimum atomic E-state index is 0.122. The predicted octanol–water partition coefficient (Wildman–Crippen LogP) is 2.29. The molecule has 0 saturated carbocycles. The zero-order valence-corrected chi connectivity index (χ0v) is 9.91. The van der Waals surface area contributed by atoms with E-state index < -0.39 is 0 Å². The first-order valence-corrected chi connectivity index (χ1v) is 6.07. The summed E-state index contributed by atoms with van der Waals surface area (Å²) in [6.45, 7) is 8.97. The number of thioether (sulfide) groups is 1.